The van der Waals surface area contributed by atoms with E-state index in [9.17, 15) is 14.9 Å². The number of amides is 1. The van der Waals surface area contributed by atoms with E-state index < -0.39 is 4.92 Å². The molecular formula is C16H16ClN3O4. The summed E-state index contributed by atoms with van der Waals surface area (Å²) in [6.07, 6.45) is 0. The van der Waals surface area contributed by atoms with Crippen LogP contribution in [0, 0.1) is 10.1 Å². The number of nitrogens with two attached hydrogens (primary N) is 1. The Morgan fingerprint density at radius 3 is 2.58 bits per heavy atom. The van der Waals surface area contributed by atoms with E-state index in [2.05, 4.69) is 0 Å². The average molecular weight is 350 g/mol. The Bertz CT molecular complexity index is 749. The number of hydrogen-bond donors (Lipinski definition) is 1. The van der Waals surface area contributed by atoms with E-state index in [1.165, 1.54) is 23.1 Å². The molecule has 1 amide bonds. The van der Waals surface area contributed by atoms with Crippen molar-refractivity contribution in [2.45, 2.75) is 0 Å². The predicted molar refractivity (Wildman–Crippen MR) is 91.4 cm³/mol. The second kappa shape index (κ2) is 7.65. The molecular weight excluding hydrogens is 334 g/mol. The molecule has 0 saturated heterocycles. The largest absolute Gasteiger partial charge is 0.492 e. The molecule has 24 heavy (non-hydrogen) atoms. The fraction of sp³-hybridized carbons (Fsp3) is 0.188. The summed E-state index contributed by atoms with van der Waals surface area (Å²) in [5.74, 6) is 0.293. The van der Waals surface area contributed by atoms with E-state index in [1.807, 2.05) is 0 Å². The number of nitrogen functional groups attached to an aromatic ring is 1. The predicted octanol–water partition coefficient (Wildman–Crippen LogP) is 2.98. The molecule has 0 atom stereocenters. The molecule has 2 aromatic rings. The summed E-state index contributed by atoms with van der Waals surface area (Å²) in [6.45, 7) is 0.598. The van der Waals surface area contributed by atoms with Crippen molar-refractivity contribution in [3.63, 3.8) is 0 Å². The minimum absolute atomic E-state index is 0.0188. The average Bonchev–Trinajstić information content (AvgIpc) is 2.56. The lowest BCUT2D eigenvalue weighted by molar-refractivity contribution is -0.383. The van der Waals surface area contributed by atoms with E-state index in [0.29, 0.717) is 17.3 Å². The van der Waals surface area contributed by atoms with Gasteiger partial charge in [-0.3, -0.25) is 14.9 Å². The van der Waals surface area contributed by atoms with Crippen molar-refractivity contribution in [2.24, 2.45) is 0 Å². The van der Waals surface area contributed by atoms with Gasteiger partial charge in [0, 0.05) is 23.7 Å². The molecule has 126 valence electrons. The smallest absolute Gasteiger partial charge is 0.292 e. The van der Waals surface area contributed by atoms with E-state index in [4.69, 9.17) is 22.1 Å². The molecule has 0 heterocycles. The first kappa shape index (κ1) is 17.6. The van der Waals surface area contributed by atoms with Crippen LogP contribution < -0.4 is 10.5 Å². The highest BCUT2D eigenvalue weighted by molar-refractivity contribution is 6.30. The monoisotopic (exact) mass is 349 g/mol. The van der Waals surface area contributed by atoms with Crippen LogP contribution in [0.1, 0.15) is 10.4 Å². The maximum atomic E-state index is 12.3. The second-order valence-electron chi connectivity index (χ2n) is 5.06. The fourth-order valence-electron chi connectivity index (χ4n) is 1.99. The Morgan fingerprint density at radius 2 is 1.96 bits per heavy atom. The summed E-state index contributed by atoms with van der Waals surface area (Å²) in [6, 6.07) is 10.9. The molecule has 8 heteroatoms. The molecule has 0 fully saturated rings. The van der Waals surface area contributed by atoms with Crippen molar-refractivity contribution in [2.75, 3.05) is 25.9 Å². The molecule has 2 rings (SSSR count). The Labute approximate surface area is 143 Å². The van der Waals surface area contributed by atoms with Gasteiger partial charge in [-0.15, -0.1) is 0 Å². The summed E-state index contributed by atoms with van der Waals surface area (Å²) in [5, 5.41) is 11.5. The molecule has 0 aliphatic carbocycles. The molecule has 0 aliphatic heterocycles. The lowest BCUT2D eigenvalue weighted by Crippen LogP contribution is -2.30. The topological polar surface area (TPSA) is 98.7 Å². The number of nitrogens with zero attached hydrogens (tertiary/aromatic N) is 2. The van der Waals surface area contributed by atoms with Crippen LogP contribution >= 0.6 is 11.6 Å². The maximum absolute atomic E-state index is 12.3. The first-order valence-electron chi connectivity index (χ1n) is 7.06. The summed E-state index contributed by atoms with van der Waals surface area (Å²) in [4.78, 5) is 24.0. The van der Waals surface area contributed by atoms with Crippen LogP contribution in [0.2, 0.25) is 5.02 Å². The van der Waals surface area contributed by atoms with Crippen molar-refractivity contribution >= 4 is 28.9 Å². The van der Waals surface area contributed by atoms with Gasteiger partial charge in [-0.05, 0) is 36.4 Å². The molecule has 0 spiro atoms. The Kier molecular flexibility index (Phi) is 5.59. The summed E-state index contributed by atoms with van der Waals surface area (Å²) in [7, 11) is 1.59. The number of nitro benzene ring substituents is 1. The van der Waals surface area contributed by atoms with Crippen LogP contribution in [0.15, 0.2) is 42.5 Å². The van der Waals surface area contributed by atoms with Crippen LogP contribution in [0.3, 0.4) is 0 Å². The van der Waals surface area contributed by atoms with Crippen LogP contribution in [0.5, 0.6) is 5.75 Å². The molecule has 0 saturated carbocycles. The van der Waals surface area contributed by atoms with Gasteiger partial charge in [0.15, 0.2) is 0 Å². The van der Waals surface area contributed by atoms with Gasteiger partial charge in [0.2, 0.25) is 0 Å². The fourth-order valence-corrected chi connectivity index (χ4v) is 2.11. The van der Waals surface area contributed by atoms with Gasteiger partial charge in [0.05, 0.1) is 11.5 Å². The standard InChI is InChI=1S/C16H16ClN3O4/c1-19(8-9-24-13-5-3-12(17)4-6-13)16(21)11-2-7-14(18)15(10-11)20(22)23/h2-7,10H,8-9,18H2,1H3. The van der Waals surface area contributed by atoms with E-state index in [0.717, 1.165) is 0 Å². The Morgan fingerprint density at radius 1 is 1.29 bits per heavy atom. The molecule has 0 aromatic heterocycles. The molecule has 0 aliphatic rings. The number of likely N-dealkylation sites (N-methyl/N-ethyl adjacent to an activating group) is 1. The van der Waals surface area contributed by atoms with Gasteiger partial charge in [-0.2, -0.15) is 0 Å². The number of hydrogen-bond acceptors (Lipinski definition) is 5. The first-order chi connectivity index (χ1) is 11.4. The zero-order valence-corrected chi connectivity index (χ0v) is 13.7. The summed E-state index contributed by atoms with van der Waals surface area (Å²) in [5.41, 5.74) is 5.46. The summed E-state index contributed by atoms with van der Waals surface area (Å²) >= 11 is 5.79. The van der Waals surface area contributed by atoms with Gasteiger partial charge >= 0.3 is 0 Å². The van der Waals surface area contributed by atoms with Crippen LogP contribution in [-0.2, 0) is 0 Å². The van der Waals surface area contributed by atoms with E-state index >= 15 is 0 Å². The molecule has 2 aromatic carbocycles. The zero-order chi connectivity index (χ0) is 17.7. The van der Waals surface area contributed by atoms with Gasteiger partial charge in [-0.25, -0.2) is 0 Å². The van der Waals surface area contributed by atoms with Gasteiger partial charge in [0.25, 0.3) is 11.6 Å². The van der Waals surface area contributed by atoms with Crippen molar-refractivity contribution in [3.05, 3.63) is 63.2 Å². The van der Waals surface area contributed by atoms with Crippen molar-refractivity contribution in [1.29, 1.82) is 0 Å². The summed E-state index contributed by atoms with van der Waals surface area (Å²) < 4.78 is 5.52. The number of benzene rings is 2. The lowest BCUT2D eigenvalue weighted by atomic mass is 10.1. The first-order valence-corrected chi connectivity index (χ1v) is 7.44. The van der Waals surface area contributed by atoms with Crippen molar-refractivity contribution in [1.82, 2.24) is 4.90 Å². The van der Waals surface area contributed by atoms with E-state index in [-0.39, 0.29) is 29.5 Å². The van der Waals surface area contributed by atoms with E-state index in [1.54, 1.807) is 31.3 Å². The lowest BCUT2D eigenvalue weighted by Gasteiger charge is -2.17. The Balaban J connectivity index is 1.95. The van der Waals surface area contributed by atoms with Crippen molar-refractivity contribution < 1.29 is 14.5 Å². The zero-order valence-electron chi connectivity index (χ0n) is 12.9. The highest BCUT2D eigenvalue weighted by atomic mass is 35.5. The number of carbonyl (C=O) groups excluding carboxylic acids is 1. The number of ether oxygens (including phenoxy) is 1. The minimum atomic E-state index is -0.615. The second-order valence-corrected chi connectivity index (χ2v) is 5.50. The van der Waals surface area contributed by atoms with Crippen LogP contribution in [0.25, 0.3) is 0 Å². The third-order valence-corrected chi connectivity index (χ3v) is 3.58. The molecule has 0 radical (unpaired) electrons. The Hall–Kier alpha value is -2.80. The van der Waals surface area contributed by atoms with Crippen LogP contribution in [0.4, 0.5) is 11.4 Å². The van der Waals surface area contributed by atoms with Gasteiger partial charge in [-0.1, -0.05) is 11.6 Å². The normalized spacial score (nSPS) is 10.2. The maximum Gasteiger partial charge on any atom is 0.292 e. The number of carbonyl (C=O) groups is 1. The number of nitro groups is 1. The van der Waals surface area contributed by atoms with Gasteiger partial charge in [0.1, 0.15) is 18.0 Å². The third kappa shape index (κ3) is 4.36. The minimum Gasteiger partial charge on any atom is -0.492 e. The SMILES string of the molecule is CN(CCOc1ccc(Cl)cc1)C(=O)c1ccc(N)c([N+](=O)[O-])c1. The number of halogens is 1. The highest BCUT2D eigenvalue weighted by Crippen LogP contribution is 2.23. The van der Waals surface area contributed by atoms with Gasteiger partial charge < -0.3 is 15.4 Å². The molecule has 0 bridgehead atoms. The highest BCUT2D eigenvalue weighted by Gasteiger charge is 2.18. The molecule has 0 unspecified atom stereocenters. The molecule has 2 N–H and O–H groups in total. The quantitative estimate of drug-likeness (QED) is 0.491. The third-order valence-electron chi connectivity index (χ3n) is 3.33. The van der Waals surface area contributed by atoms with Crippen molar-refractivity contribution in [3.8, 4) is 5.75 Å². The van der Waals surface area contributed by atoms with Crippen LogP contribution in [-0.4, -0.2) is 35.9 Å². The number of anilines is 1. The number of rotatable bonds is 6. The molecule has 7 nitrogen and oxygen atoms in total.